The van der Waals surface area contributed by atoms with E-state index in [1.807, 2.05) is 32.4 Å². The third kappa shape index (κ3) is 4.08. The van der Waals surface area contributed by atoms with E-state index in [9.17, 15) is 0 Å². The molecule has 2 nitrogen and oxygen atoms in total. The predicted molar refractivity (Wildman–Crippen MR) is 60.0 cm³/mol. The summed E-state index contributed by atoms with van der Waals surface area (Å²) in [4.78, 5) is 0. The highest BCUT2D eigenvalue weighted by molar-refractivity contribution is 9.10. The fourth-order valence-electron chi connectivity index (χ4n) is 0.973. The lowest BCUT2D eigenvalue weighted by Gasteiger charge is -2.02. The van der Waals surface area contributed by atoms with Crippen molar-refractivity contribution in [2.24, 2.45) is 5.10 Å². The van der Waals surface area contributed by atoms with Crippen molar-refractivity contribution in [3.63, 3.8) is 0 Å². The SMILES string of the molecule is CN(C)/N=C/Cc1cccc(Br)c1. The lowest BCUT2D eigenvalue weighted by molar-refractivity contribution is 0.439. The fourth-order valence-corrected chi connectivity index (χ4v) is 1.42. The van der Waals surface area contributed by atoms with E-state index in [4.69, 9.17) is 0 Å². The Morgan fingerprint density at radius 3 is 2.85 bits per heavy atom. The van der Waals surface area contributed by atoms with Crippen LogP contribution in [0.2, 0.25) is 0 Å². The van der Waals surface area contributed by atoms with E-state index in [-0.39, 0.29) is 0 Å². The quantitative estimate of drug-likeness (QED) is 0.586. The first-order chi connectivity index (χ1) is 6.18. The largest absolute Gasteiger partial charge is 0.303 e. The minimum absolute atomic E-state index is 0.873. The fraction of sp³-hybridized carbons (Fsp3) is 0.300. The second-order valence-corrected chi connectivity index (χ2v) is 3.89. The molecule has 0 saturated heterocycles. The minimum atomic E-state index is 0.873. The Balaban J connectivity index is 2.55. The molecule has 3 heteroatoms. The van der Waals surface area contributed by atoms with Gasteiger partial charge < -0.3 is 5.01 Å². The second-order valence-electron chi connectivity index (χ2n) is 2.98. The molecular formula is C10H13BrN2. The molecule has 0 unspecified atom stereocenters. The van der Waals surface area contributed by atoms with Gasteiger partial charge in [0, 0.05) is 31.2 Å². The molecule has 0 saturated carbocycles. The van der Waals surface area contributed by atoms with Crippen molar-refractivity contribution in [1.82, 2.24) is 5.01 Å². The first-order valence-corrected chi connectivity index (χ1v) is 4.92. The number of benzene rings is 1. The van der Waals surface area contributed by atoms with Crippen molar-refractivity contribution in [3.05, 3.63) is 34.3 Å². The van der Waals surface area contributed by atoms with E-state index in [1.54, 1.807) is 5.01 Å². The summed E-state index contributed by atoms with van der Waals surface area (Å²) >= 11 is 3.43. The average Bonchev–Trinajstić information content (AvgIpc) is 2.03. The lowest BCUT2D eigenvalue weighted by Crippen LogP contribution is -2.02. The Morgan fingerprint density at radius 2 is 2.23 bits per heavy atom. The summed E-state index contributed by atoms with van der Waals surface area (Å²) in [6.07, 6.45) is 2.78. The van der Waals surface area contributed by atoms with Crippen molar-refractivity contribution < 1.29 is 0 Å². The van der Waals surface area contributed by atoms with Gasteiger partial charge in [-0.1, -0.05) is 28.1 Å². The normalized spacial score (nSPS) is 10.7. The van der Waals surface area contributed by atoms with Crippen molar-refractivity contribution in [1.29, 1.82) is 0 Å². The molecule has 0 atom stereocenters. The molecule has 0 heterocycles. The van der Waals surface area contributed by atoms with Gasteiger partial charge in [-0.2, -0.15) is 5.10 Å². The Morgan fingerprint density at radius 1 is 1.46 bits per heavy atom. The average molecular weight is 241 g/mol. The predicted octanol–water partition coefficient (Wildman–Crippen LogP) is 2.54. The molecule has 1 aromatic rings. The van der Waals surface area contributed by atoms with Crippen LogP contribution in [-0.4, -0.2) is 25.3 Å². The second kappa shape index (κ2) is 5.02. The first-order valence-electron chi connectivity index (χ1n) is 4.12. The summed E-state index contributed by atoms with van der Waals surface area (Å²) in [7, 11) is 3.83. The van der Waals surface area contributed by atoms with Crippen LogP contribution in [0.15, 0.2) is 33.8 Å². The molecular weight excluding hydrogens is 228 g/mol. The molecule has 70 valence electrons. The molecule has 0 aromatic heterocycles. The van der Waals surface area contributed by atoms with Gasteiger partial charge in [-0.05, 0) is 17.7 Å². The molecule has 0 aliphatic carbocycles. The van der Waals surface area contributed by atoms with Crippen LogP contribution in [0.5, 0.6) is 0 Å². The van der Waals surface area contributed by atoms with E-state index in [2.05, 4.69) is 33.2 Å². The molecule has 0 N–H and O–H groups in total. The third-order valence-electron chi connectivity index (χ3n) is 1.53. The zero-order valence-electron chi connectivity index (χ0n) is 7.87. The van der Waals surface area contributed by atoms with E-state index in [0.717, 1.165) is 10.9 Å². The topological polar surface area (TPSA) is 15.6 Å². The zero-order valence-corrected chi connectivity index (χ0v) is 9.45. The first kappa shape index (κ1) is 10.3. The maximum absolute atomic E-state index is 4.14. The van der Waals surface area contributed by atoms with Crippen molar-refractivity contribution in [2.45, 2.75) is 6.42 Å². The summed E-state index contributed by atoms with van der Waals surface area (Å²) in [6, 6.07) is 8.24. The van der Waals surface area contributed by atoms with E-state index >= 15 is 0 Å². The number of halogens is 1. The summed E-state index contributed by atoms with van der Waals surface area (Å²) in [5.74, 6) is 0. The van der Waals surface area contributed by atoms with E-state index < -0.39 is 0 Å². The highest BCUT2D eigenvalue weighted by Gasteiger charge is 1.90. The highest BCUT2D eigenvalue weighted by Crippen LogP contribution is 2.11. The Hall–Kier alpha value is -0.830. The standard InChI is InChI=1S/C10H13BrN2/c1-13(2)12-7-6-9-4-3-5-10(11)8-9/h3-5,7-8H,6H2,1-2H3/b12-7+. The maximum atomic E-state index is 4.14. The van der Waals surface area contributed by atoms with Crippen LogP contribution in [0.3, 0.4) is 0 Å². The van der Waals surface area contributed by atoms with Crippen LogP contribution < -0.4 is 0 Å². The van der Waals surface area contributed by atoms with Crippen molar-refractivity contribution >= 4 is 22.1 Å². The molecule has 0 aliphatic heterocycles. The van der Waals surface area contributed by atoms with Gasteiger partial charge in [-0.15, -0.1) is 0 Å². The molecule has 13 heavy (non-hydrogen) atoms. The molecule has 0 amide bonds. The van der Waals surface area contributed by atoms with Gasteiger partial charge in [0.25, 0.3) is 0 Å². The Labute approximate surface area is 87.4 Å². The van der Waals surface area contributed by atoms with Gasteiger partial charge in [0.2, 0.25) is 0 Å². The van der Waals surface area contributed by atoms with Crippen LogP contribution in [-0.2, 0) is 6.42 Å². The summed E-state index contributed by atoms with van der Waals surface area (Å²) < 4.78 is 1.11. The summed E-state index contributed by atoms with van der Waals surface area (Å²) in [6.45, 7) is 0. The lowest BCUT2D eigenvalue weighted by atomic mass is 10.2. The van der Waals surface area contributed by atoms with Crippen LogP contribution >= 0.6 is 15.9 Å². The minimum Gasteiger partial charge on any atom is -0.303 e. The molecule has 1 rings (SSSR count). The monoisotopic (exact) mass is 240 g/mol. The van der Waals surface area contributed by atoms with E-state index in [1.165, 1.54) is 5.56 Å². The molecule has 0 spiro atoms. The number of rotatable bonds is 3. The number of nitrogens with zero attached hydrogens (tertiary/aromatic N) is 2. The third-order valence-corrected chi connectivity index (χ3v) is 2.02. The highest BCUT2D eigenvalue weighted by atomic mass is 79.9. The van der Waals surface area contributed by atoms with E-state index in [0.29, 0.717) is 0 Å². The smallest absolute Gasteiger partial charge is 0.0288 e. The van der Waals surface area contributed by atoms with Crippen LogP contribution in [0.25, 0.3) is 0 Å². The summed E-state index contributed by atoms with van der Waals surface area (Å²) in [5.41, 5.74) is 1.26. The summed E-state index contributed by atoms with van der Waals surface area (Å²) in [5, 5.41) is 5.93. The van der Waals surface area contributed by atoms with Crippen LogP contribution in [0.1, 0.15) is 5.56 Å². The number of hydrogen-bond donors (Lipinski definition) is 0. The zero-order chi connectivity index (χ0) is 9.68. The Kier molecular flexibility index (Phi) is 3.96. The molecule has 1 aromatic carbocycles. The van der Waals surface area contributed by atoms with Gasteiger partial charge in [0.1, 0.15) is 0 Å². The van der Waals surface area contributed by atoms with Gasteiger partial charge >= 0.3 is 0 Å². The molecule has 0 radical (unpaired) electrons. The van der Waals surface area contributed by atoms with Gasteiger partial charge in [-0.3, -0.25) is 0 Å². The maximum Gasteiger partial charge on any atom is 0.0288 e. The number of hydrogen-bond acceptors (Lipinski definition) is 2. The van der Waals surface area contributed by atoms with Gasteiger partial charge in [0.05, 0.1) is 0 Å². The van der Waals surface area contributed by atoms with Gasteiger partial charge in [0.15, 0.2) is 0 Å². The molecule has 0 fully saturated rings. The Bertz CT molecular complexity index is 295. The van der Waals surface area contributed by atoms with Crippen molar-refractivity contribution in [3.8, 4) is 0 Å². The van der Waals surface area contributed by atoms with Crippen molar-refractivity contribution in [2.75, 3.05) is 14.1 Å². The van der Waals surface area contributed by atoms with Crippen LogP contribution in [0, 0.1) is 0 Å². The van der Waals surface area contributed by atoms with Gasteiger partial charge in [-0.25, -0.2) is 0 Å². The molecule has 0 bridgehead atoms. The van der Waals surface area contributed by atoms with Crippen LogP contribution in [0.4, 0.5) is 0 Å². The molecule has 0 aliphatic rings. The number of hydrazone groups is 1.